The van der Waals surface area contributed by atoms with Crippen LogP contribution in [-0.4, -0.2) is 59.7 Å². The number of hydrogen-bond donors (Lipinski definition) is 1. The van der Waals surface area contributed by atoms with E-state index in [0.717, 1.165) is 49.9 Å². The van der Waals surface area contributed by atoms with E-state index in [9.17, 15) is 4.79 Å². The SMILES string of the molecule is O=C(Nn1ccc2ccccc21)C1CCCN(CCN2CCCC2)C1. The highest BCUT2D eigenvalue weighted by molar-refractivity contribution is 5.89. The molecule has 1 atom stereocenters. The number of carbonyl (C=O) groups excluding carboxylic acids is 1. The normalized spacial score (nSPS) is 22.5. The fraction of sp³-hybridized carbons (Fsp3) is 0.550. The molecule has 0 saturated carbocycles. The fourth-order valence-corrected chi connectivity index (χ4v) is 4.15. The van der Waals surface area contributed by atoms with Crippen LogP contribution in [0.5, 0.6) is 0 Å². The van der Waals surface area contributed by atoms with Crippen molar-refractivity contribution in [1.82, 2.24) is 14.5 Å². The third-order valence-corrected chi connectivity index (χ3v) is 5.64. The minimum absolute atomic E-state index is 0.0912. The highest BCUT2D eigenvalue weighted by Gasteiger charge is 2.26. The summed E-state index contributed by atoms with van der Waals surface area (Å²) in [6, 6.07) is 10.2. The van der Waals surface area contributed by atoms with E-state index in [1.165, 1.54) is 25.9 Å². The first-order chi connectivity index (χ1) is 12.3. The van der Waals surface area contributed by atoms with E-state index in [0.29, 0.717) is 0 Å². The average Bonchev–Trinajstić information content (AvgIpc) is 3.31. The van der Waals surface area contributed by atoms with E-state index in [2.05, 4.69) is 21.3 Å². The van der Waals surface area contributed by atoms with Gasteiger partial charge in [-0.25, -0.2) is 0 Å². The Hall–Kier alpha value is -1.85. The highest BCUT2D eigenvalue weighted by atomic mass is 16.2. The molecule has 0 radical (unpaired) electrons. The first kappa shape index (κ1) is 16.6. The Morgan fingerprint density at radius 2 is 1.76 bits per heavy atom. The maximum Gasteiger partial charge on any atom is 0.243 e. The van der Waals surface area contributed by atoms with Crippen LogP contribution >= 0.6 is 0 Å². The van der Waals surface area contributed by atoms with Gasteiger partial charge in [-0.1, -0.05) is 18.2 Å². The van der Waals surface area contributed by atoms with Crippen molar-refractivity contribution in [2.45, 2.75) is 25.7 Å². The van der Waals surface area contributed by atoms with Gasteiger partial charge in [0.1, 0.15) is 0 Å². The van der Waals surface area contributed by atoms with Crippen LogP contribution < -0.4 is 5.43 Å². The van der Waals surface area contributed by atoms with Crippen molar-refractivity contribution in [3.05, 3.63) is 36.5 Å². The second kappa shape index (κ2) is 7.58. The minimum Gasteiger partial charge on any atom is -0.302 e. The molecule has 1 aromatic carbocycles. The van der Waals surface area contributed by atoms with Crippen LogP contribution in [0.1, 0.15) is 25.7 Å². The van der Waals surface area contributed by atoms with E-state index in [4.69, 9.17) is 0 Å². The van der Waals surface area contributed by atoms with E-state index < -0.39 is 0 Å². The molecular formula is C20H28N4O. The predicted octanol–water partition coefficient (Wildman–Crippen LogP) is 2.52. The number of carbonyl (C=O) groups is 1. The smallest absolute Gasteiger partial charge is 0.243 e. The molecule has 2 saturated heterocycles. The number of benzene rings is 1. The molecule has 134 valence electrons. The number of amides is 1. The summed E-state index contributed by atoms with van der Waals surface area (Å²) < 4.78 is 1.86. The molecule has 1 N–H and O–H groups in total. The highest BCUT2D eigenvalue weighted by Crippen LogP contribution is 2.19. The number of piperidine rings is 1. The molecule has 1 aromatic heterocycles. The van der Waals surface area contributed by atoms with E-state index in [1.54, 1.807) is 0 Å². The second-order valence-electron chi connectivity index (χ2n) is 7.41. The van der Waals surface area contributed by atoms with Crippen LogP contribution in [0.2, 0.25) is 0 Å². The standard InChI is InChI=1S/C20H28N4O/c25-20(21-24-13-9-17-6-1-2-8-19(17)24)18-7-5-12-23(16-18)15-14-22-10-3-4-11-22/h1-2,6,8-9,13,18H,3-5,7,10-12,14-16H2,(H,21,25). The number of fused-ring (bicyclic) bond motifs is 1. The summed E-state index contributed by atoms with van der Waals surface area (Å²) in [7, 11) is 0. The molecule has 3 heterocycles. The Morgan fingerprint density at radius 1 is 1.00 bits per heavy atom. The number of nitrogens with one attached hydrogen (secondary N) is 1. The van der Waals surface area contributed by atoms with Crippen LogP contribution in [0.4, 0.5) is 0 Å². The van der Waals surface area contributed by atoms with Gasteiger partial charge < -0.3 is 9.80 Å². The summed E-state index contributed by atoms with van der Waals surface area (Å²) in [5.74, 6) is 0.237. The number of likely N-dealkylation sites (tertiary alicyclic amines) is 2. The molecule has 5 nitrogen and oxygen atoms in total. The minimum atomic E-state index is 0.0912. The number of nitrogens with zero attached hydrogens (tertiary/aromatic N) is 3. The Kier molecular flexibility index (Phi) is 5.04. The van der Waals surface area contributed by atoms with Gasteiger partial charge in [0, 0.05) is 31.2 Å². The van der Waals surface area contributed by atoms with Crippen molar-refractivity contribution in [3.63, 3.8) is 0 Å². The zero-order valence-electron chi connectivity index (χ0n) is 14.9. The van der Waals surface area contributed by atoms with Crippen LogP contribution in [0.15, 0.2) is 36.5 Å². The lowest BCUT2D eigenvalue weighted by atomic mass is 9.97. The van der Waals surface area contributed by atoms with Gasteiger partial charge in [0.2, 0.25) is 5.91 Å². The van der Waals surface area contributed by atoms with Gasteiger partial charge in [0.15, 0.2) is 0 Å². The molecule has 2 aliphatic rings. The summed E-state index contributed by atoms with van der Waals surface area (Å²) in [5, 5.41) is 1.15. The summed E-state index contributed by atoms with van der Waals surface area (Å²) >= 11 is 0. The Labute approximate surface area is 149 Å². The van der Waals surface area contributed by atoms with Gasteiger partial charge in [-0.05, 0) is 57.5 Å². The van der Waals surface area contributed by atoms with Gasteiger partial charge in [0.25, 0.3) is 0 Å². The monoisotopic (exact) mass is 340 g/mol. The van der Waals surface area contributed by atoms with Crippen molar-refractivity contribution in [1.29, 1.82) is 0 Å². The van der Waals surface area contributed by atoms with Gasteiger partial charge in [-0.2, -0.15) is 0 Å². The zero-order chi connectivity index (χ0) is 17.1. The summed E-state index contributed by atoms with van der Waals surface area (Å²) in [4.78, 5) is 17.8. The average molecular weight is 340 g/mol. The molecule has 0 spiro atoms. The lowest BCUT2D eigenvalue weighted by Crippen LogP contribution is -2.44. The van der Waals surface area contributed by atoms with Crippen LogP contribution in [-0.2, 0) is 4.79 Å². The summed E-state index contributed by atoms with van der Waals surface area (Å²) in [5.41, 5.74) is 4.15. The molecule has 0 aliphatic carbocycles. The molecule has 5 heteroatoms. The van der Waals surface area contributed by atoms with E-state index in [-0.39, 0.29) is 11.8 Å². The number of aromatic nitrogens is 1. The Balaban J connectivity index is 1.33. The molecule has 4 rings (SSSR count). The summed E-state index contributed by atoms with van der Waals surface area (Å²) in [6.45, 7) is 6.76. The van der Waals surface area contributed by atoms with Gasteiger partial charge >= 0.3 is 0 Å². The topological polar surface area (TPSA) is 40.5 Å². The van der Waals surface area contributed by atoms with Gasteiger partial charge in [0.05, 0.1) is 11.4 Å². The molecular weight excluding hydrogens is 312 g/mol. The van der Waals surface area contributed by atoms with Crippen molar-refractivity contribution in [2.24, 2.45) is 5.92 Å². The first-order valence-electron chi connectivity index (χ1n) is 9.61. The van der Waals surface area contributed by atoms with E-state index >= 15 is 0 Å². The Morgan fingerprint density at radius 3 is 2.64 bits per heavy atom. The predicted molar refractivity (Wildman–Crippen MR) is 101 cm³/mol. The van der Waals surface area contributed by atoms with Crippen molar-refractivity contribution >= 4 is 16.8 Å². The van der Waals surface area contributed by atoms with Crippen LogP contribution in [0.3, 0.4) is 0 Å². The third kappa shape index (κ3) is 3.88. The van der Waals surface area contributed by atoms with E-state index in [1.807, 2.05) is 35.1 Å². The quantitative estimate of drug-likeness (QED) is 0.909. The third-order valence-electron chi connectivity index (χ3n) is 5.64. The van der Waals surface area contributed by atoms with Crippen molar-refractivity contribution < 1.29 is 4.79 Å². The second-order valence-corrected chi connectivity index (χ2v) is 7.41. The molecule has 2 fully saturated rings. The molecule has 1 amide bonds. The maximum atomic E-state index is 12.7. The number of rotatable bonds is 5. The maximum absolute atomic E-state index is 12.7. The van der Waals surface area contributed by atoms with Gasteiger partial charge in [-0.15, -0.1) is 0 Å². The van der Waals surface area contributed by atoms with Gasteiger partial charge in [-0.3, -0.25) is 14.9 Å². The molecule has 25 heavy (non-hydrogen) atoms. The fourth-order valence-electron chi connectivity index (χ4n) is 4.15. The Bertz CT molecular complexity index is 719. The first-order valence-corrected chi connectivity index (χ1v) is 9.61. The molecule has 2 aromatic rings. The largest absolute Gasteiger partial charge is 0.302 e. The number of hydrogen-bond acceptors (Lipinski definition) is 3. The molecule has 1 unspecified atom stereocenters. The lowest BCUT2D eigenvalue weighted by molar-refractivity contribution is -0.122. The van der Waals surface area contributed by atoms with Crippen molar-refractivity contribution in [3.8, 4) is 0 Å². The lowest BCUT2D eigenvalue weighted by Gasteiger charge is -2.33. The van der Waals surface area contributed by atoms with Crippen LogP contribution in [0, 0.1) is 5.92 Å². The van der Waals surface area contributed by atoms with Crippen LogP contribution in [0.25, 0.3) is 10.9 Å². The molecule has 0 bridgehead atoms. The number of para-hydroxylation sites is 1. The molecule has 2 aliphatic heterocycles. The summed E-state index contributed by atoms with van der Waals surface area (Å²) in [6.07, 6.45) is 6.73. The van der Waals surface area contributed by atoms with Crippen molar-refractivity contribution in [2.75, 3.05) is 44.7 Å². The zero-order valence-corrected chi connectivity index (χ0v) is 14.9.